The third-order valence-corrected chi connectivity index (χ3v) is 8.53. The number of hydrogen-bond donors (Lipinski definition) is 0. The van der Waals surface area contributed by atoms with Crippen LogP contribution in [0.15, 0.2) is 36.4 Å². The van der Waals surface area contributed by atoms with E-state index in [0.717, 1.165) is 123 Å². The van der Waals surface area contributed by atoms with Crippen molar-refractivity contribution >= 4 is 47.5 Å². The zero-order valence-corrected chi connectivity index (χ0v) is 28.3. The molecule has 0 spiro atoms. The van der Waals surface area contributed by atoms with Crippen LogP contribution in [0.2, 0.25) is 0 Å². The summed E-state index contributed by atoms with van der Waals surface area (Å²) in [4.78, 5) is 29.7. The molecule has 242 valence electrons. The maximum Gasteiger partial charge on any atom is 0.0724 e. The molecule has 0 amide bonds. The molecule has 0 saturated heterocycles. The van der Waals surface area contributed by atoms with Crippen LogP contribution < -0.4 is 10.2 Å². The number of carbonyl (C=O) groups is 2. The van der Waals surface area contributed by atoms with Crippen LogP contribution in [0, 0.1) is 0 Å². The average molecular weight is 644 g/mol. The summed E-state index contributed by atoms with van der Waals surface area (Å²) in [6.45, 7) is 14.8. The van der Waals surface area contributed by atoms with E-state index in [2.05, 4.69) is 37.5 Å². The van der Waals surface area contributed by atoms with E-state index in [9.17, 15) is 19.8 Å². The van der Waals surface area contributed by atoms with Gasteiger partial charge in [-0.05, 0) is 146 Å². The molecule has 0 aliphatic heterocycles. The molecule has 0 aromatic heterocycles. The van der Waals surface area contributed by atoms with Gasteiger partial charge in [-0.1, -0.05) is 58.0 Å². The highest BCUT2D eigenvalue weighted by Crippen LogP contribution is 2.51. The monoisotopic (exact) mass is 642 g/mol. The Bertz CT molecular complexity index is 1410. The highest BCUT2D eigenvalue weighted by Gasteiger charge is 2.29. The normalized spacial score (nSPS) is 11.5. The topological polar surface area (TPSA) is 86.7 Å². The molecule has 3 aromatic carbocycles. The van der Waals surface area contributed by atoms with Crippen molar-refractivity contribution in [2.45, 2.75) is 79.1 Å². The molecule has 0 heterocycles. The first-order valence-electron chi connectivity index (χ1n) is 16.0. The summed E-state index contributed by atoms with van der Waals surface area (Å²) >= 11 is 0. The summed E-state index contributed by atoms with van der Waals surface area (Å²) in [6.07, 6.45) is 7.46. The molecule has 1 aliphatic rings. The minimum absolute atomic E-state index is 0. The van der Waals surface area contributed by atoms with Gasteiger partial charge in [0, 0.05) is 5.56 Å². The molecule has 1 aliphatic carbocycles. The van der Waals surface area contributed by atoms with Crippen molar-refractivity contribution in [3.63, 3.8) is 0 Å². The molecule has 3 aromatic rings. The number of fused-ring (bicyclic) bond motifs is 3. The Morgan fingerprint density at radius 3 is 1.68 bits per heavy atom. The van der Waals surface area contributed by atoms with Crippen molar-refractivity contribution in [3.05, 3.63) is 58.7 Å². The van der Waals surface area contributed by atoms with Crippen molar-refractivity contribution in [2.24, 2.45) is 0 Å². The number of benzene rings is 3. The van der Waals surface area contributed by atoms with E-state index < -0.39 is 11.9 Å². The lowest BCUT2D eigenvalue weighted by atomic mass is 9.84. The number of nitrogens with zero attached hydrogens (tertiary/aromatic N) is 2. The fraction of sp³-hybridized carbons (Fsp3) is 0.500. The van der Waals surface area contributed by atoms with E-state index in [0.29, 0.717) is 17.4 Å². The van der Waals surface area contributed by atoms with Gasteiger partial charge in [0.1, 0.15) is 0 Å². The average Bonchev–Trinajstić information content (AvgIpc) is 3.29. The summed E-state index contributed by atoms with van der Waals surface area (Å²) < 4.78 is 0. The number of carboxylic acid groups (broad SMARTS) is 2. The van der Waals surface area contributed by atoms with Crippen molar-refractivity contribution < 1.29 is 19.8 Å². The van der Waals surface area contributed by atoms with Crippen molar-refractivity contribution in [3.8, 4) is 22.3 Å². The Kier molecular flexibility index (Phi) is 15.1. The van der Waals surface area contributed by atoms with Crippen LogP contribution in [0.25, 0.3) is 33.0 Å². The van der Waals surface area contributed by atoms with Crippen LogP contribution in [-0.4, -0.2) is 61.0 Å². The van der Waals surface area contributed by atoms with Crippen LogP contribution >= 0.6 is 24.8 Å². The lowest BCUT2D eigenvalue weighted by Crippen LogP contribution is -2.28. The highest BCUT2D eigenvalue weighted by molar-refractivity contribution is 6.21. The van der Waals surface area contributed by atoms with E-state index >= 15 is 0 Å². The number of rotatable bonds is 18. The van der Waals surface area contributed by atoms with Crippen LogP contribution in [0.4, 0.5) is 0 Å². The molecule has 0 N–H and O–H groups in total. The second kappa shape index (κ2) is 17.7. The largest absolute Gasteiger partial charge is 0.545 e. The first-order chi connectivity index (χ1) is 20.4. The molecule has 8 heteroatoms. The first-order valence-corrected chi connectivity index (χ1v) is 16.0. The highest BCUT2D eigenvalue weighted by atomic mass is 35.5. The number of hydrogen-bond acceptors (Lipinski definition) is 6. The van der Waals surface area contributed by atoms with Gasteiger partial charge in [-0.3, -0.25) is 0 Å². The fourth-order valence-corrected chi connectivity index (χ4v) is 6.96. The fourth-order valence-electron chi connectivity index (χ4n) is 6.96. The maximum absolute atomic E-state index is 12.9. The maximum atomic E-state index is 12.9. The van der Waals surface area contributed by atoms with Gasteiger partial charge in [0.2, 0.25) is 0 Å². The molecule has 44 heavy (non-hydrogen) atoms. The SMILES string of the molecule is CCCN(CCC)CCCc1c(CCCN(CCC)CCC)c2c3c(cccc3c1C(=O)[O-])-c1ccc(C(=O)[O-])cc1-2.Cl.Cl. The molecular weight excluding hydrogens is 595 g/mol. The van der Waals surface area contributed by atoms with E-state index in [4.69, 9.17) is 0 Å². The quantitative estimate of drug-likeness (QED) is 0.129. The second-order valence-corrected chi connectivity index (χ2v) is 11.7. The Morgan fingerprint density at radius 2 is 1.18 bits per heavy atom. The lowest BCUT2D eigenvalue weighted by Gasteiger charge is -2.25. The smallest absolute Gasteiger partial charge is 0.0724 e. The van der Waals surface area contributed by atoms with Gasteiger partial charge in [-0.15, -0.1) is 24.8 Å². The minimum atomic E-state index is -1.21. The third-order valence-electron chi connectivity index (χ3n) is 8.53. The zero-order chi connectivity index (χ0) is 30.2. The summed E-state index contributed by atoms with van der Waals surface area (Å²) in [5.41, 5.74) is 6.08. The van der Waals surface area contributed by atoms with Crippen LogP contribution in [0.1, 0.15) is 98.1 Å². The summed E-state index contributed by atoms with van der Waals surface area (Å²) in [7, 11) is 0. The number of carbonyl (C=O) groups excluding carboxylic acids is 2. The molecular formula is C36H48Cl2N2O4-2. The molecule has 0 bridgehead atoms. The van der Waals surface area contributed by atoms with Gasteiger partial charge < -0.3 is 29.6 Å². The minimum Gasteiger partial charge on any atom is -0.545 e. The standard InChI is InChI=1S/C36H48N2O4.2ClH/c1-5-18-37(19-6-2)22-10-14-28-29(15-11-23-38(20-7-3)21-8-4)34(36(41)42)30-13-9-12-27-26-17-16-25(35(39)40)24-31(26)33(28)32(27)30;;/h9,12-13,16-17,24H,5-8,10-11,14-15,18-23H2,1-4H3,(H,39,40)(H,41,42);2*1H/p-2. The van der Waals surface area contributed by atoms with Crippen LogP contribution in [0.3, 0.4) is 0 Å². The summed E-state index contributed by atoms with van der Waals surface area (Å²) in [6, 6.07) is 10.9. The predicted octanol–water partition coefficient (Wildman–Crippen LogP) is 6.17. The summed E-state index contributed by atoms with van der Waals surface area (Å²) in [5, 5.41) is 26.4. The Labute approximate surface area is 275 Å². The molecule has 0 saturated carbocycles. The van der Waals surface area contributed by atoms with Crippen molar-refractivity contribution in [2.75, 3.05) is 39.3 Å². The van der Waals surface area contributed by atoms with E-state index in [1.807, 2.05) is 24.3 Å². The van der Waals surface area contributed by atoms with E-state index in [1.54, 1.807) is 12.1 Å². The Morgan fingerprint density at radius 1 is 0.636 bits per heavy atom. The number of carboxylic acids is 2. The van der Waals surface area contributed by atoms with Gasteiger partial charge in [0.05, 0.1) is 11.9 Å². The van der Waals surface area contributed by atoms with Crippen molar-refractivity contribution in [1.29, 1.82) is 0 Å². The van der Waals surface area contributed by atoms with Crippen molar-refractivity contribution in [1.82, 2.24) is 9.80 Å². The lowest BCUT2D eigenvalue weighted by molar-refractivity contribution is -0.256. The number of aromatic carboxylic acids is 2. The number of halogens is 2. The predicted molar refractivity (Wildman–Crippen MR) is 182 cm³/mol. The van der Waals surface area contributed by atoms with Gasteiger partial charge >= 0.3 is 0 Å². The molecule has 6 nitrogen and oxygen atoms in total. The van der Waals surface area contributed by atoms with Gasteiger partial charge in [0.15, 0.2) is 0 Å². The zero-order valence-electron chi connectivity index (χ0n) is 26.7. The molecule has 0 atom stereocenters. The van der Waals surface area contributed by atoms with E-state index in [1.165, 1.54) is 0 Å². The molecule has 4 rings (SSSR count). The second-order valence-electron chi connectivity index (χ2n) is 11.7. The van der Waals surface area contributed by atoms with E-state index in [-0.39, 0.29) is 30.4 Å². The van der Waals surface area contributed by atoms with Crippen LogP contribution in [-0.2, 0) is 12.8 Å². The molecule has 0 fully saturated rings. The molecule has 0 unspecified atom stereocenters. The van der Waals surface area contributed by atoms with Gasteiger partial charge in [-0.2, -0.15) is 0 Å². The van der Waals surface area contributed by atoms with Gasteiger partial charge in [-0.25, -0.2) is 0 Å². The third kappa shape index (κ3) is 8.14. The molecule has 0 radical (unpaired) electrons. The Balaban J connectivity index is 0.00000337. The Hall–Kier alpha value is -2.64. The van der Waals surface area contributed by atoms with Crippen LogP contribution in [0.5, 0.6) is 0 Å². The summed E-state index contributed by atoms with van der Waals surface area (Å²) in [5.74, 6) is -2.35. The van der Waals surface area contributed by atoms with Gasteiger partial charge in [0.25, 0.3) is 0 Å². The first kappa shape index (κ1) is 37.5.